The maximum Gasteiger partial charge on any atom is 0.243 e. The third-order valence-corrected chi connectivity index (χ3v) is 4.90. The lowest BCUT2D eigenvalue weighted by Gasteiger charge is -2.19. The molecule has 1 aromatic rings. The van der Waals surface area contributed by atoms with Crippen LogP contribution in [0.2, 0.25) is 10.0 Å². The Balaban J connectivity index is 3.20. The van der Waals surface area contributed by atoms with Crippen molar-refractivity contribution in [2.75, 3.05) is 18.4 Å². The van der Waals surface area contributed by atoms with Gasteiger partial charge in [-0.25, -0.2) is 8.42 Å². The van der Waals surface area contributed by atoms with Crippen molar-refractivity contribution >= 4 is 49.2 Å². The van der Waals surface area contributed by atoms with E-state index in [-0.39, 0.29) is 4.90 Å². The topological polar surface area (TPSA) is 37.4 Å². The third-order valence-electron chi connectivity index (χ3n) is 2.16. The smallest absolute Gasteiger partial charge is 0.207 e. The van der Waals surface area contributed by atoms with E-state index in [0.29, 0.717) is 28.5 Å². The zero-order valence-electron chi connectivity index (χ0n) is 9.16. The average Bonchev–Trinajstić information content (AvgIpc) is 2.24. The molecule has 0 amide bonds. The standard InChI is InChI=1S/C10H12BrCl2NO2S/c1-2-14(4-3-11)17(15,16)10-6-8(12)5-9(13)7-10/h5-7H,2-4H2,1H3. The predicted octanol–water partition coefficient (Wildman–Crippen LogP) is 3.40. The lowest BCUT2D eigenvalue weighted by atomic mass is 10.4. The highest BCUT2D eigenvalue weighted by Crippen LogP contribution is 2.24. The molecule has 0 spiro atoms. The first-order valence-corrected chi connectivity index (χ1v) is 8.25. The third kappa shape index (κ3) is 3.83. The fourth-order valence-corrected chi connectivity index (χ4v) is 4.21. The first-order chi connectivity index (χ1) is 7.91. The van der Waals surface area contributed by atoms with Crippen LogP contribution < -0.4 is 0 Å². The van der Waals surface area contributed by atoms with Crippen molar-refractivity contribution in [3.8, 4) is 0 Å². The highest BCUT2D eigenvalue weighted by molar-refractivity contribution is 9.09. The van der Waals surface area contributed by atoms with E-state index in [0.717, 1.165) is 0 Å². The molecule has 0 aliphatic rings. The van der Waals surface area contributed by atoms with Crippen LogP contribution in [0, 0.1) is 0 Å². The van der Waals surface area contributed by atoms with Gasteiger partial charge in [-0.1, -0.05) is 46.1 Å². The summed E-state index contributed by atoms with van der Waals surface area (Å²) >= 11 is 14.8. The van der Waals surface area contributed by atoms with Gasteiger partial charge in [0.1, 0.15) is 0 Å². The summed E-state index contributed by atoms with van der Waals surface area (Å²) in [6.45, 7) is 2.59. The highest BCUT2D eigenvalue weighted by Gasteiger charge is 2.23. The molecule has 0 bridgehead atoms. The molecule has 1 aromatic carbocycles. The molecule has 0 atom stereocenters. The Labute approximate surface area is 120 Å². The molecule has 0 fully saturated rings. The largest absolute Gasteiger partial charge is 0.243 e. The molecule has 0 unspecified atom stereocenters. The quantitative estimate of drug-likeness (QED) is 0.754. The average molecular weight is 361 g/mol. The molecule has 0 aromatic heterocycles. The van der Waals surface area contributed by atoms with Gasteiger partial charge in [-0.2, -0.15) is 4.31 Å². The zero-order valence-corrected chi connectivity index (χ0v) is 13.1. The van der Waals surface area contributed by atoms with Gasteiger partial charge in [-0.3, -0.25) is 0 Å². The van der Waals surface area contributed by atoms with Crippen molar-refractivity contribution in [3.05, 3.63) is 28.2 Å². The van der Waals surface area contributed by atoms with E-state index >= 15 is 0 Å². The molecular formula is C10H12BrCl2NO2S. The summed E-state index contributed by atoms with van der Waals surface area (Å²) < 4.78 is 25.9. The molecule has 17 heavy (non-hydrogen) atoms. The number of nitrogens with zero attached hydrogens (tertiary/aromatic N) is 1. The fraction of sp³-hybridized carbons (Fsp3) is 0.400. The van der Waals surface area contributed by atoms with Crippen molar-refractivity contribution in [2.24, 2.45) is 0 Å². The lowest BCUT2D eigenvalue weighted by Crippen LogP contribution is -2.32. The van der Waals surface area contributed by atoms with Gasteiger partial charge in [0.15, 0.2) is 0 Å². The number of halogens is 3. The van der Waals surface area contributed by atoms with Gasteiger partial charge in [0.25, 0.3) is 0 Å². The monoisotopic (exact) mass is 359 g/mol. The first kappa shape index (κ1) is 15.2. The molecule has 0 radical (unpaired) electrons. The van der Waals surface area contributed by atoms with Crippen molar-refractivity contribution in [3.63, 3.8) is 0 Å². The van der Waals surface area contributed by atoms with Gasteiger partial charge in [0.05, 0.1) is 4.90 Å². The summed E-state index contributed by atoms with van der Waals surface area (Å²) in [7, 11) is -3.52. The molecule has 0 aliphatic carbocycles. The maximum atomic E-state index is 12.2. The van der Waals surface area contributed by atoms with Crippen LogP contribution in [0.25, 0.3) is 0 Å². The van der Waals surface area contributed by atoms with Crippen LogP contribution in [-0.4, -0.2) is 31.1 Å². The van der Waals surface area contributed by atoms with Gasteiger partial charge in [-0.05, 0) is 18.2 Å². The Bertz CT molecular complexity index is 473. The van der Waals surface area contributed by atoms with Crippen LogP contribution >= 0.6 is 39.1 Å². The number of hydrogen-bond acceptors (Lipinski definition) is 2. The van der Waals surface area contributed by atoms with Crippen LogP contribution in [0.3, 0.4) is 0 Å². The second kappa shape index (κ2) is 6.38. The zero-order chi connectivity index (χ0) is 13.1. The number of rotatable bonds is 5. The Morgan fingerprint density at radius 1 is 1.24 bits per heavy atom. The highest BCUT2D eigenvalue weighted by atomic mass is 79.9. The number of benzene rings is 1. The van der Waals surface area contributed by atoms with Gasteiger partial charge in [-0.15, -0.1) is 0 Å². The van der Waals surface area contributed by atoms with E-state index in [4.69, 9.17) is 23.2 Å². The molecule has 0 aliphatic heterocycles. The minimum atomic E-state index is -3.52. The van der Waals surface area contributed by atoms with Crippen LogP contribution in [-0.2, 0) is 10.0 Å². The van der Waals surface area contributed by atoms with Crippen LogP contribution in [0.15, 0.2) is 23.1 Å². The predicted molar refractivity (Wildman–Crippen MR) is 74.7 cm³/mol. The minimum absolute atomic E-state index is 0.123. The van der Waals surface area contributed by atoms with Crippen LogP contribution in [0.1, 0.15) is 6.92 Å². The summed E-state index contributed by atoms with van der Waals surface area (Å²) in [5.41, 5.74) is 0. The summed E-state index contributed by atoms with van der Waals surface area (Å²) in [4.78, 5) is 0.123. The summed E-state index contributed by atoms with van der Waals surface area (Å²) in [6, 6.07) is 4.31. The van der Waals surface area contributed by atoms with Gasteiger partial charge in [0.2, 0.25) is 10.0 Å². The first-order valence-electron chi connectivity index (χ1n) is 4.94. The number of sulfonamides is 1. The molecule has 7 heteroatoms. The molecular weight excluding hydrogens is 349 g/mol. The van der Waals surface area contributed by atoms with Gasteiger partial charge >= 0.3 is 0 Å². The summed E-state index contributed by atoms with van der Waals surface area (Å²) in [6.07, 6.45) is 0. The SMILES string of the molecule is CCN(CCBr)S(=O)(=O)c1cc(Cl)cc(Cl)c1. The molecule has 1 rings (SSSR count). The second-order valence-corrected chi connectivity index (χ2v) is 6.89. The normalized spacial score (nSPS) is 12.1. The molecule has 0 heterocycles. The van der Waals surface area contributed by atoms with Crippen molar-refractivity contribution in [1.29, 1.82) is 0 Å². The Morgan fingerprint density at radius 2 is 1.76 bits per heavy atom. The Kier molecular flexibility index (Phi) is 5.73. The van der Waals surface area contributed by atoms with E-state index in [1.165, 1.54) is 22.5 Å². The van der Waals surface area contributed by atoms with E-state index in [2.05, 4.69) is 15.9 Å². The van der Waals surface area contributed by atoms with E-state index in [1.807, 2.05) is 0 Å². The molecule has 0 N–H and O–H groups in total. The van der Waals surface area contributed by atoms with Crippen molar-refractivity contribution in [1.82, 2.24) is 4.31 Å². The van der Waals surface area contributed by atoms with Crippen molar-refractivity contribution in [2.45, 2.75) is 11.8 Å². The Morgan fingerprint density at radius 3 is 2.18 bits per heavy atom. The van der Waals surface area contributed by atoms with Gasteiger partial charge < -0.3 is 0 Å². The van der Waals surface area contributed by atoms with Gasteiger partial charge in [0, 0.05) is 28.5 Å². The minimum Gasteiger partial charge on any atom is -0.207 e. The molecule has 96 valence electrons. The maximum absolute atomic E-state index is 12.2. The van der Waals surface area contributed by atoms with E-state index in [1.54, 1.807) is 6.92 Å². The summed E-state index contributed by atoms with van der Waals surface area (Å²) in [5.74, 6) is 0. The number of alkyl halides is 1. The van der Waals surface area contributed by atoms with Crippen LogP contribution in [0.4, 0.5) is 0 Å². The van der Waals surface area contributed by atoms with Crippen LogP contribution in [0.5, 0.6) is 0 Å². The number of hydrogen-bond donors (Lipinski definition) is 0. The summed E-state index contributed by atoms with van der Waals surface area (Å²) in [5, 5.41) is 1.20. The molecule has 3 nitrogen and oxygen atoms in total. The van der Waals surface area contributed by atoms with E-state index in [9.17, 15) is 8.42 Å². The fourth-order valence-electron chi connectivity index (χ4n) is 1.37. The second-order valence-electron chi connectivity index (χ2n) is 3.29. The lowest BCUT2D eigenvalue weighted by molar-refractivity contribution is 0.448. The molecule has 0 saturated heterocycles. The Hall–Kier alpha value is 0.190. The molecule has 0 saturated carbocycles. The van der Waals surface area contributed by atoms with Crippen molar-refractivity contribution < 1.29 is 8.42 Å². The van der Waals surface area contributed by atoms with E-state index < -0.39 is 10.0 Å².